The topological polar surface area (TPSA) is 110 Å². The third-order valence-corrected chi connectivity index (χ3v) is 5.19. The molecular formula is C19H26O7. The van der Waals surface area contributed by atoms with Gasteiger partial charge in [0.1, 0.15) is 17.8 Å². The van der Waals surface area contributed by atoms with Crippen LogP contribution in [0.5, 0.6) is 0 Å². The highest BCUT2D eigenvalue weighted by molar-refractivity contribution is 5.92. The normalized spacial score (nSPS) is 38.3. The average Bonchev–Trinajstić information content (AvgIpc) is 2.79. The van der Waals surface area contributed by atoms with Crippen molar-refractivity contribution < 1.29 is 34.1 Å². The number of hydrogen-bond donors (Lipinski definition) is 2. The lowest BCUT2D eigenvalue weighted by Crippen LogP contribution is -2.47. The third-order valence-electron chi connectivity index (χ3n) is 5.19. The van der Waals surface area contributed by atoms with Crippen LogP contribution in [0.25, 0.3) is 0 Å². The minimum absolute atomic E-state index is 0.125. The number of aliphatic hydroxyl groups excluding tert-OH is 1. The Bertz CT molecular complexity index is 648. The first-order valence-corrected chi connectivity index (χ1v) is 8.64. The number of ether oxygens (including phenoxy) is 2. The molecule has 0 spiro atoms. The third kappa shape index (κ3) is 4.04. The molecule has 0 aromatic heterocycles. The smallest absolute Gasteiger partial charge is 0.334 e. The fourth-order valence-corrected chi connectivity index (χ4v) is 3.43. The quantitative estimate of drug-likeness (QED) is 0.556. The molecule has 1 saturated carbocycles. The standard InChI is InChI=1S/C19H26O7/c1-9(2)17(22)26-14-8-19(5,24)15(21)7-12(20)10(3)6-13-16(14)11(4)18(23)25-13/h10,12-14,16,20,24H,1,4,6-8H2,2-3,5H3. The molecule has 144 valence electrons. The summed E-state index contributed by atoms with van der Waals surface area (Å²) in [6, 6.07) is 0. The van der Waals surface area contributed by atoms with Crippen LogP contribution in [-0.2, 0) is 23.9 Å². The maximum atomic E-state index is 12.4. The van der Waals surface area contributed by atoms with Gasteiger partial charge in [-0.2, -0.15) is 0 Å². The van der Waals surface area contributed by atoms with Gasteiger partial charge in [-0.1, -0.05) is 20.1 Å². The van der Waals surface area contributed by atoms with Crippen molar-refractivity contribution in [3.05, 3.63) is 24.3 Å². The van der Waals surface area contributed by atoms with Crippen LogP contribution in [0.2, 0.25) is 0 Å². The van der Waals surface area contributed by atoms with E-state index in [2.05, 4.69) is 13.2 Å². The molecule has 0 bridgehead atoms. The van der Waals surface area contributed by atoms with Gasteiger partial charge in [0, 0.05) is 24.0 Å². The van der Waals surface area contributed by atoms with Crippen LogP contribution in [0, 0.1) is 11.8 Å². The highest BCUT2D eigenvalue weighted by Gasteiger charge is 2.50. The zero-order valence-electron chi connectivity index (χ0n) is 15.4. The Labute approximate surface area is 152 Å². The van der Waals surface area contributed by atoms with Gasteiger partial charge in [-0.25, -0.2) is 9.59 Å². The van der Waals surface area contributed by atoms with Crippen LogP contribution in [0.15, 0.2) is 24.3 Å². The number of hydrogen-bond acceptors (Lipinski definition) is 7. The van der Waals surface area contributed by atoms with Gasteiger partial charge in [-0.05, 0) is 26.2 Å². The molecule has 1 aliphatic carbocycles. The second-order valence-electron chi connectivity index (χ2n) is 7.60. The monoisotopic (exact) mass is 366 g/mol. The molecule has 0 amide bonds. The van der Waals surface area contributed by atoms with Gasteiger partial charge in [0.15, 0.2) is 5.78 Å². The van der Waals surface area contributed by atoms with E-state index in [1.165, 1.54) is 13.8 Å². The summed E-state index contributed by atoms with van der Waals surface area (Å²) in [4.78, 5) is 36.5. The first-order chi connectivity index (χ1) is 11.9. The summed E-state index contributed by atoms with van der Waals surface area (Å²) >= 11 is 0. The highest BCUT2D eigenvalue weighted by Crippen LogP contribution is 2.39. The van der Waals surface area contributed by atoms with Gasteiger partial charge in [-0.3, -0.25) is 4.79 Å². The van der Waals surface area contributed by atoms with Crippen molar-refractivity contribution in [1.29, 1.82) is 0 Å². The van der Waals surface area contributed by atoms with E-state index in [1.54, 1.807) is 6.92 Å². The molecule has 1 aliphatic heterocycles. The van der Waals surface area contributed by atoms with Crippen LogP contribution in [0.3, 0.4) is 0 Å². The SMILES string of the molecule is C=C(C)C(=O)OC1CC(C)(O)C(=O)CC(O)C(C)CC2OC(=O)C(=C)C12. The lowest BCUT2D eigenvalue weighted by molar-refractivity contribution is -0.159. The molecule has 0 radical (unpaired) electrons. The van der Waals surface area contributed by atoms with Crippen molar-refractivity contribution >= 4 is 17.7 Å². The van der Waals surface area contributed by atoms with Crippen molar-refractivity contribution in [3.63, 3.8) is 0 Å². The predicted molar refractivity (Wildman–Crippen MR) is 91.9 cm³/mol. The number of esters is 2. The van der Waals surface area contributed by atoms with E-state index in [4.69, 9.17) is 9.47 Å². The zero-order valence-corrected chi connectivity index (χ0v) is 15.4. The van der Waals surface area contributed by atoms with Crippen LogP contribution >= 0.6 is 0 Å². The molecule has 0 aromatic carbocycles. The van der Waals surface area contributed by atoms with Crippen molar-refractivity contribution in [2.75, 3.05) is 0 Å². The van der Waals surface area contributed by atoms with E-state index < -0.39 is 47.6 Å². The van der Waals surface area contributed by atoms with Crippen LogP contribution in [0.1, 0.15) is 40.0 Å². The Morgan fingerprint density at radius 2 is 2.00 bits per heavy atom. The van der Waals surface area contributed by atoms with Gasteiger partial charge in [0.05, 0.1) is 12.0 Å². The Balaban J connectivity index is 2.45. The molecule has 7 nitrogen and oxygen atoms in total. The largest absolute Gasteiger partial charge is 0.458 e. The van der Waals surface area contributed by atoms with E-state index >= 15 is 0 Å². The maximum absolute atomic E-state index is 12.4. The summed E-state index contributed by atoms with van der Waals surface area (Å²) in [6.45, 7) is 11.8. The van der Waals surface area contributed by atoms with Crippen molar-refractivity contribution in [2.45, 2.75) is 63.9 Å². The lowest BCUT2D eigenvalue weighted by atomic mass is 9.77. The summed E-state index contributed by atoms with van der Waals surface area (Å²) < 4.78 is 10.8. The Hall–Kier alpha value is -1.99. The molecule has 2 fully saturated rings. The minimum atomic E-state index is -1.84. The Morgan fingerprint density at radius 1 is 1.38 bits per heavy atom. The summed E-state index contributed by atoms with van der Waals surface area (Å²) in [5.41, 5.74) is -1.56. The number of Topliss-reactive ketones (excluding diaryl/α,β-unsaturated/α-hetero) is 1. The van der Waals surface area contributed by atoms with E-state index in [9.17, 15) is 24.6 Å². The number of rotatable bonds is 2. The van der Waals surface area contributed by atoms with E-state index in [0.717, 1.165) is 0 Å². The molecular weight excluding hydrogens is 340 g/mol. The zero-order chi connectivity index (χ0) is 19.8. The summed E-state index contributed by atoms with van der Waals surface area (Å²) in [6.07, 6.45) is -2.80. The molecule has 7 heteroatoms. The lowest BCUT2D eigenvalue weighted by Gasteiger charge is -2.35. The second-order valence-corrected chi connectivity index (χ2v) is 7.60. The number of carbonyl (C=O) groups excluding carboxylic acids is 3. The fraction of sp³-hybridized carbons (Fsp3) is 0.632. The van der Waals surface area contributed by atoms with Gasteiger partial charge >= 0.3 is 11.9 Å². The molecule has 26 heavy (non-hydrogen) atoms. The Morgan fingerprint density at radius 3 is 2.58 bits per heavy atom. The highest BCUT2D eigenvalue weighted by atomic mass is 16.6. The van der Waals surface area contributed by atoms with E-state index in [-0.39, 0.29) is 36.3 Å². The average molecular weight is 366 g/mol. The van der Waals surface area contributed by atoms with E-state index in [0.29, 0.717) is 0 Å². The van der Waals surface area contributed by atoms with Gasteiger partial charge in [-0.15, -0.1) is 0 Å². The van der Waals surface area contributed by atoms with Crippen molar-refractivity contribution in [2.24, 2.45) is 11.8 Å². The molecule has 6 atom stereocenters. The molecule has 2 rings (SSSR count). The second kappa shape index (κ2) is 7.32. The van der Waals surface area contributed by atoms with Crippen molar-refractivity contribution in [3.8, 4) is 0 Å². The van der Waals surface area contributed by atoms with Crippen LogP contribution < -0.4 is 0 Å². The fourth-order valence-electron chi connectivity index (χ4n) is 3.43. The molecule has 6 unspecified atom stereocenters. The minimum Gasteiger partial charge on any atom is -0.458 e. The molecule has 1 saturated heterocycles. The first-order valence-electron chi connectivity index (χ1n) is 8.64. The van der Waals surface area contributed by atoms with Gasteiger partial charge in [0.2, 0.25) is 0 Å². The number of aliphatic hydroxyl groups is 2. The molecule has 2 aliphatic rings. The van der Waals surface area contributed by atoms with Crippen molar-refractivity contribution in [1.82, 2.24) is 0 Å². The molecule has 2 N–H and O–H groups in total. The molecule has 1 heterocycles. The van der Waals surface area contributed by atoms with Crippen LogP contribution in [0.4, 0.5) is 0 Å². The predicted octanol–water partition coefficient (Wildman–Crippen LogP) is 1.07. The van der Waals surface area contributed by atoms with Crippen LogP contribution in [-0.4, -0.2) is 51.8 Å². The molecule has 0 aromatic rings. The number of carbonyl (C=O) groups is 3. The summed E-state index contributed by atoms with van der Waals surface area (Å²) in [5, 5.41) is 20.9. The first kappa shape index (κ1) is 20.3. The Kier molecular flexibility index (Phi) is 5.73. The van der Waals surface area contributed by atoms with Gasteiger partial charge in [0.25, 0.3) is 0 Å². The van der Waals surface area contributed by atoms with E-state index in [1.807, 2.05) is 0 Å². The van der Waals surface area contributed by atoms with Gasteiger partial charge < -0.3 is 19.7 Å². The number of fused-ring (bicyclic) bond motifs is 1. The summed E-state index contributed by atoms with van der Waals surface area (Å²) in [5.74, 6) is -2.92. The number of ketones is 1. The summed E-state index contributed by atoms with van der Waals surface area (Å²) in [7, 11) is 0. The maximum Gasteiger partial charge on any atom is 0.334 e.